The molecule has 1 rings (SSSR count). The van der Waals surface area contributed by atoms with Crippen molar-refractivity contribution in [1.82, 2.24) is 0 Å². The van der Waals surface area contributed by atoms with Crippen LogP contribution in [-0.2, 0) is 9.53 Å². The highest BCUT2D eigenvalue weighted by Gasteiger charge is 2.26. The molecule has 1 aromatic rings. The van der Waals surface area contributed by atoms with E-state index in [4.69, 9.17) is 9.47 Å². The lowest BCUT2D eigenvalue weighted by Gasteiger charge is -2.18. The van der Waals surface area contributed by atoms with Crippen LogP contribution in [0, 0.1) is 6.92 Å². The van der Waals surface area contributed by atoms with Crippen LogP contribution in [0.1, 0.15) is 17.2 Å². The Morgan fingerprint density at radius 3 is 2.28 bits per heavy atom. The topological polar surface area (TPSA) is 65.0 Å². The molecule has 5 nitrogen and oxygen atoms in total. The summed E-state index contributed by atoms with van der Waals surface area (Å²) in [6.45, 7) is 1.80. The Morgan fingerprint density at radius 2 is 1.83 bits per heavy atom. The first-order chi connectivity index (χ1) is 8.47. The van der Waals surface area contributed by atoms with Crippen molar-refractivity contribution in [1.29, 1.82) is 0 Å². The number of halogens is 1. The summed E-state index contributed by atoms with van der Waals surface area (Å²) in [6.07, 6.45) is -1.40. The third-order valence-corrected chi connectivity index (χ3v) is 3.24. The van der Waals surface area contributed by atoms with Crippen LogP contribution in [0.15, 0.2) is 10.5 Å². The van der Waals surface area contributed by atoms with Gasteiger partial charge >= 0.3 is 5.97 Å². The van der Waals surface area contributed by atoms with E-state index >= 15 is 0 Å². The fourth-order valence-corrected chi connectivity index (χ4v) is 2.53. The van der Waals surface area contributed by atoms with E-state index < -0.39 is 12.1 Å². The van der Waals surface area contributed by atoms with Gasteiger partial charge in [0.15, 0.2) is 6.10 Å². The van der Waals surface area contributed by atoms with Gasteiger partial charge in [-0.15, -0.1) is 0 Å². The summed E-state index contributed by atoms with van der Waals surface area (Å²) in [7, 11) is 4.19. The molecule has 100 valence electrons. The third kappa shape index (κ3) is 2.59. The minimum Gasteiger partial charge on any atom is -0.495 e. The molecule has 0 amide bonds. The van der Waals surface area contributed by atoms with Gasteiger partial charge in [-0.2, -0.15) is 0 Å². The maximum atomic E-state index is 11.4. The lowest BCUT2D eigenvalue weighted by molar-refractivity contribution is -0.150. The number of esters is 1. The van der Waals surface area contributed by atoms with Crippen molar-refractivity contribution in [3.63, 3.8) is 0 Å². The number of aryl methyl sites for hydroxylation is 1. The molecule has 1 unspecified atom stereocenters. The maximum absolute atomic E-state index is 11.4. The van der Waals surface area contributed by atoms with E-state index in [0.29, 0.717) is 21.5 Å². The van der Waals surface area contributed by atoms with Crippen LogP contribution in [0.2, 0.25) is 0 Å². The van der Waals surface area contributed by atoms with Crippen molar-refractivity contribution < 1.29 is 24.1 Å². The number of hydrogen-bond acceptors (Lipinski definition) is 5. The number of carbonyl (C=O) groups excluding carboxylic acids is 1. The van der Waals surface area contributed by atoms with Gasteiger partial charge in [0.05, 0.1) is 21.3 Å². The molecule has 0 aliphatic heterocycles. The van der Waals surface area contributed by atoms with Gasteiger partial charge in [-0.1, -0.05) is 0 Å². The van der Waals surface area contributed by atoms with Gasteiger partial charge < -0.3 is 19.3 Å². The second-order valence-electron chi connectivity index (χ2n) is 3.59. The number of ether oxygens (including phenoxy) is 3. The van der Waals surface area contributed by atoms with Crippen LogP contribution in [0.5, 0.6) is 11.5 Å². The second-order valence-corrected chi connectivity index (χ2v) is 4.38. The number of carbonyl (C=O) groups is 1. The van der Waals surface area contributed by atoms with Crippen LogP contribution in [-0.4, -0.2) is 32.4 Å². The van der Waals surface area contributed by atoms with E-state index in [9.17, 15) is 9.90 Å². The summed E-state index contributed by atoms with van der Waals surface area (Å²) < 4.78 is 15.5. The highest BCUT2D eigenvalue weighted by molar-refractivity contribution is 9.10. The van der Waals surface area contributed by atoms with Crippen molar-refractivity contribution in [3.05, 3.63) is 21.7 Å². The molecule has 0 heterocycles. The summed E-state index contributed by atoms with van der Waals surface area (Å²) in [6, 6.07) is 1.63. The van der Waals surface area contributed by atoms with Gasteiger partial charge in [-0.05, 0) is 34.5 Å². The molecule has 6 heteroatoms. The molecule has 0 fully saturated rings. The molecule has 0 bridgehead atoms. The van der Waals surface area contributed by atoms with Gasteiger partial charge in [0.25, 0.3) is 0 Å². The molecule has 1 aromatic carbocycles. The van der Waals surface area contributed by atoms with Gasteiger partial charge in [-0.3, -0.25) is 0 Å². The lowest BCUT2D eigenvalue weighted by Crippen LogP contribution is -2.15. The molecule has 0 radical (unpaired) electrons. The van der Waals surface area contributed by atoms with Crippen molar-refractivity contribution in [3.8, 4) is 11.5 Å². The Labute approximate surface area is 114 Å². The molecule has 18 heavy (non-hydrogen) atoms. The number of aliphatic hydroxyl groups excluding tert-OH is 1. The molecule has 0 aliphatic rings. The lowest BCUT2D eigenvalue weighted by atomic mass is 10.0. The van der Waals surface area contributed by atoms with Crippen LogP contribution in [0.25, 0.3) is 0 Å². The van der Waals surface area contributed by atoms with Gasteiger partial charge in [0.2, 0.25) is 0 Å². The Kier molecular flexibility index (Phi) is 4.98. The molecular weight excluding hydrogens is 304 g/mol. The molecule has 0 aromatic heterocycles. The number of rotatable bonds is 4. The van der Waals surface area contributed by atoms with E-state index in [0.717, 1.165) is 5.56 Å². The Balaban J connectivity index is 3.41. The number of hydrogen-bond donors (Lipinski definition) is 1. The molecule has 1 atom stereocenters. The Morgan fingerprint density at radius 1 is 1.28 bits per heavy atom. The first kappa shape index (κ1) is 14.8. The largest absolute Gasteiger partial charge is 0.495 e. The number of aliphatic hydroxyl groups is 1. The van der Waals surface area contributed by atoms with E-state index in [1.165, 1.54) is 21.3 Å². The van der Waals surface area contributed by atoms with E-state index in [-0.39, 0.29) is 0 Å². The first-order valence-electron chi connectivity index (χ1n) is 5.14. The van der Waals surface area contributed by atoms with Crippen LogP contribution >= 0.6 is 15.9 Å². The summed E-state index contributed by atoms with van der Waals surface area (Å²) in [5.41, 5.74) is 1.10. The molecule has 0 saturated carbocycles. The number of benzene rings is 1. The van der Waals surface area contributed by atoms with Gasteiger partial charge in [0.1, 0.15) is 16.0 Å². The predicted molar refractivity (Wildman–Crippen MR) is 69.0 cm³/mol. The van der Waals surface area contributed by atoms with Crippen molar-refractivity contribution >= 4 is 21.9 Å². The quantitative estimate of drug-likeness (QED) is 0.860. The predicted octanol–water partition coefficient (Wildman–Crippen LogP) is 1.98. The summed E-state index contributed by atoms with van der Waals surface area (Å²) in [5.74, 6) is 0.188. The summed E-state index contributed by atoms with van der Waals surface area (Å²) in [5, 5.41) is 9.90. The number of methoxy groups -OCH3 is 3. The molecule has 1 N–H and O–H groups in total. The van der Waals surface area contributed by atoms with E-state index in [1.54, 1.807) is 13.0 Å². The van der Waals surface area contributed by atoms with E-state index in [2.05, 4.69) is 20.7 Å². The second kappa shape index (κ2) is 6.06. The van der Waals surface area contributed by atoms with Crippen LogP contribution < -0.4 is 9.47 Å². The monoisotopic (exact) mass is 318 g/mol. The van der Waals surface area contributed by atoms with Crippen molar-refractivity contribution in [2.75, 3.05) is 21.3 Å². The first-order valence-corrected chi connectivity index (χ1v) is 5.94. The maximum Gasteiger partial charge on any atom is 0.339 e. The molecule has 0 aliphatic carbocycles. The molecule has 0 saturated heterocycles. The smallest absolute Gasteiger partial charge is 0.339 e. The highest BCUT2D eigenvalue weighted by Crippen LogP contribution is 2.42. The summed E-state index contributed by atoms with van der Waals surface area (Å²) in [4.78, 5) is 11.4. The van der Waals surface area contributed by atoms with Gasteiger partial charge in [0, 0.05) is 5.56 Å². The minimum atomic E-state index is -1.40. The van der Waals surface area contributed by atoms with Crippen LogP contribution in [0.3, 0.4) is 0 Å². The van der Waals surface area contributed by atoms with E-state index in [1.807, 2.05) is 0 Å². The molecule has 0 spiro atoms. The fourth-order valence-electron chi connectivity index (χ4n) is 1.67. The zero-order valence-electron chi connectivity index (χ0n) is 10.6. The summed E-state index contributed by atoms with van der Waals surface area (Å²) >= 11 is 3.33. The molecular formula is C12H15BrO5. The van der Waals surface area contributed by atoms with Crippen LogP contribution in [0.4, 0.5) is 0 Å². The minimum absolute atomic E-state index is 0.328. The zero-order valence-corrected chi connectivity index (χ0v) is 12.2. The average molecular weight is 319 g/mol. The van der Waals surface area contributed by atoms with Crippen molar-refractivity contribution in [2.45, 2.75) is 13.0 Å². The normalized spacial score (nSPS) is 11.9. The highest BCUT2D eigenvalue weighted by atomic mass is 79.9. The third-order valence-electron chi connectivity index (χ3n) is 2.52. The zero-order chi connectivity index (χ0) is 13.9. The van der Waals surface area contributed by atoms with Gasteiger partial charge in [-0.25, -0.2) is 4.79 Å². The SMILES string of the molecule is COC(=O)C(O)c1cc(C)c(OC)c(Br)c1OC. The fraction of sp³-hybridized carbons (Fsp3) is 0.417. The Hall–Kier alpha value is -1.27. The average Bonchev–Trinajstić information content (AvgIpc) is 2.36. The standard InChI is InChI=1S/C12H15BrO5/c1-6-5-7(9(14)12(15)18-4)11(17-3)8(13)10(6)16-2/h5,9,14H,1-4H3. The Bertz CT molecular complexity index is 458. The van der Waals surface area contributed by atoms with Crippen molar-refractivity contribution in [2.24, 2.45) is 0 Å².